The first-order valence-electron chi connectivity index (χ1n) is 7.40. The van der Waals surface area contributed by atoms with Crippen LogP contribution in [0.2, 0.25) is 0 Å². The van der Waals surface area contributed by atoms with E-state index in [0.29, 0.717) is 0 Å². The fourth-order valence-corrected chi connectivity index (χ4v) is 3.87. The third-order valence-corrected chi connectivity index (χ3v) is 5.80. The van der Waals surface area contributed by atoms with Crippen LogP contribution in [0, 0.1) is 0 Å². The van der Waals surface area contributed by atoms with E-state index in [4.69, 9.17) is 0 Å². The molecule has 0 heteroatoms. The highest BCUT2D eigenvalue weighted by atomic mass is 14.5. The van der Waals surface area contributed by atoms with Crippen LogP contribution in [0.1, 0.15) is 38.8 Å². The minimum atomic E-state index is 0.134. The minimum Gasteiger partial charge on any atom is -0.0613 e. The summed E-state index contributed by atoms with van der Waals surface area (Å²) < 4.78 is 0. The Labute approximate surface area is 120 Å². The molecule has 0 spiro atoms. The largest absolute Gasteiger partial charge is 0.0613 e. The summed E-state index contributed by atoms with van der Waals surface area (Å²) in [6.45, 7) is 9.54. The molecule has 0 aromatic heterocycles. The van der Waals surface area contributed by atoms with Gasteiger partial charge in [0.2, 0.25) is 0 Å². The maximum Gasteiger partial charge on any atom is -0.000545 e. The Morgan fingerprint density at radius 1 is 0.550 bits per heavy atom. The van der Waals surface area contributed by atoms with E-state index in [9.17, 15) is 0 Å². The van der Waals surface area contributed by atoms with Crippen molar-refractivity contribution in [3.63, 3.8) is 0 Å². The summed E-state index contributed by atoms with van der Waals surface area (Å²) in [4.78, 5) is 0. The molecule has 1 aliphatic rings. The average molecular weight is 260 g/mol. The Morgan fingerprint density at radius 2 is 0.950 bits per heavy atom. The predicted octanol–water partition coefficient (Wildman–Crippen LogP) is 5.56. The van der Waals surface area contributed by atoms with Crippen LogP contribution in [0.4, 0.5) is 0 Å². The predicted molar refractivity (Wildman–Crippen MR) is 87.5 cm³/mol. The van der Waals surface area contributed by atoms with E-state index in [0.717, 1.165) is 0 Å². The highest BCUT2D eigenvalue weighted by Crippen LogP contribution is 2.53. The van der Waals surface area contributed by atoms with Gasteiger partial charge in [-0.3, -0.25) is 0 Å². The van der Waals surface area contributed by atoms with Gasteiger partial charge in [-0.25, -0.2) is 0 Å². The number of rotatable bonds is 0. The van der Waals surface area contributed by atoms with Gasteiger partial charge in [-0.1, -0.05) is 76.2 Å². The summed E-state index contributed by atoms with van der Waals surface area (Å²) in [5.41, 5.74) is 3.25. The van der Waals surface area contributed by atoms with Crippen molar-refractivity contribution in [2.24, 2.45) is 0 Å². The van der Waals surface area contributed by atoms with Gasteiger partial charge in [0.05, 0.1) is 0 Å². The summed E-state index contributed by atoms with van der Waals surface area (Å²) in [7, 11) is 0. The van der Waals surface area contributed by atoms with Gasteiger partial charge in [-0.15, -0.1) is 0 Å². The van der Waals surface area contributed by atoms with Gasteiger partial charge in [0.25, 0.3) is 0 Å². The van der Waals surface area contributed by atoms with Crippen LogP contribution < -0.4 is 0 Å². The van der Waals surface area contributed by atoms with Crippen LogP contribution in [0.3, 0.4) is 0 Å². The number of benzene rings is 3. The van der Waals surface area contributed by atoms with Gasteiger partial charge in [-0.05, 0) is 43.5 Å². The van der Waals surface area contributed by atoms with Crippen LogP contribution >= 0.6 is 0 Å². The summed E-state index contributed by atoms with van der Waals surface area (Å²) in [5.74, 6) is 0. The molecule has 3 aromatic carbocycles. The molecule has 0 saturated carbocycles. The molecule has 1 aliphatic carbocycles. The average Bonchev–Trinajstić information content (AvgIpc) is 2.44. The second-order valence-electron chi connectivity index (χ2n) is 7.12. The second kappa shape index (κ2) is 3.44. The van der Waals surface area contributed by atoms with Crippen molar-refractivity contribution >= 4 is 21.5 Å². The van der Waals surface area contributed by atoms with Crippen molar-refractivity contribution in [1.82, 2.24) is 0 Å². The van der Waals surface area contributed by atoms with Crippen LogP contribution in [-0.4, -0.2) is 0 Å². The standard InChI is InChI=1S/C20H20/c1-19(2)15-9-5-7-13-11-12-14-8-6-10-16(20(19,3)4)18(14)17(13)15/h5-12H,1-4H3. The zero-order valence-electron chi connectivity index (χ0n) is 12.6. The highest BCUT2D eigenvalue weighted by molar-refractivity contribution is 6.12. The fourth-order valence-electron chi connectivity index (χ4n) is 3.87. The Hall–Kier alpha value is -1.82. The Kier molecular flexibility index (Phi) is 2.05. The summed E-state index contributed by atoms with van der Waals surface area (Å²) in [6.07, 6.45) is 0. The fraction of sp³-hybridized carbons (Fsp3) is 0.300. The zero-order chi connectivity index (χ0) is 14.1. The van der Waals surface area contributed by atoms with Gasteiger partial charge in [0, 0.05) is 0 Å². The van der Waals surface area contributed by atoms with Crippen LogP contribution in [0.5, 0.6) is 0 Å². The lowest BCUT2D eigenvalue weighted by Gasteiger charge is -2.47. The molecule has 0 heterocycles. The second-order valence-corrected chi connectivity index (χ2v) is 7.12. The molecule has 0 atom stereocenters. The molecule has 0 saturated heterocycles. The van der Waals surface area contributed by atoms with Crippen molar-refractivity contribution in [2.75, 3.05) is 0 Å². The first kappa shape index (κ1) is 12.0. The first-order chi connectivity index (χ1) is 9.44. The van der Waals surface area contributed by atoms with Crippen LogP contribution in [0.25, 0.3) is 21.5 Å². The van der Waals surface area contributed by atoms with Gasteiger partial charge >= 0.3 is 0 Å². The van der Waals surface area contributed by atoms with Crippen molar-refractivity contribution in [3.8, 4) is 0 Å². The van der Waals surface area contributed by atoms with Gasteiger partial charge in [0.1, 0.15) is 0 Å². The molecule has 3 aromatic rings. The van der Waals surface area contributed by atoms with E-state index < -0.39 is 0 Å². The molecule has 0 bridgehead atoms. The monoisotopic (exact) mass is 260 g/mol. The zero-order valence-corrected chi connectivity index (χ0v) is 12.6. The van der Waals surface area contributed by atoms with Crippen molar-refractivity contribution in [3.05, 3.63) is 59.7 Å². The quantitative estimate of drug-likeness (QED) is 0.464. The molecular formula is C20H20. The minimum absolute atomic E-state index is 0.134. The maximum absolute atomic E-state index is 2.39. The van der Waals surface area contributed by atoms with Gasteiger partial charge < -0.3 is 0 Å². The molecular weight excluding hydrogens is 240 g/mol. The molecule has 20 heavy (non-hydrogen) atoms. The highest BCUT2D eigenvalue weighted by Gasteiger charge is 2.44. The van der Waals surface area contributed by atoms with Gasteiger partial charge in [-0.2, -0.15) is 0 Å². The molecule has 0 unspecified atom stereocenters. The summed E-state index contributed by atoms with van der Waals surface area (Å²) >= 11 is 0. The SMILES string of the molecule is CC1(C)c2cccc3ccc4cccc(c4c23)C1(C)C. The number of hydrogen-bond donors (Lipinski definition) is 0. The first-order valence-corrected chi connectivity index (χ1v) is 7.40. The Balaban J connectivity index is 2.39. The molecule has 100 valence electrons. The normalized spacial score (nSPS) is 18.8. The molecule has 0 amide bonds. The molecule has 0 aliphatic heterocycles. The molecule has 0 radical (unpaired) electrons. The van der Waals surface area contributed by atoms with Crippen LogP contribution in [-0.2, 0) is 10.8 Å². The van der Waals surface area contributed by atoms with Gasteiger partial charge in [0.15, 0.2) is 0 Å². The summed E-state index contributed by atoms with van der Waals surface area (Å²) in [6, 6.07) is 18.1. The molecule has 0 fully saturated rings. The summed E-state index contributed by atoms with van der Waals surface area (Å²) in [5, 5.41) is 5.66. The number of hydrogen-bond acceptors (Lipinski definition) is 0. The van der Waals surface area contributed by atoms with Crippen molar-refractivity contribution in [1.29, 1.82) is 0 Å². The lowest BCUT2D eigenvalue weighted by Crippen LogP contribution is -2.42. The van der Waals surface area contributed by atoms with Crippen molar-refractivity contribution in [2.45, 2.75) is 38.5 Å². The third kappa shape index (κ3) is 1.18. The van der Waals surface area contributed by atoms with E-state index in [-0.39, 0.29) is 10.8 Å². The third-order valence-electron chi connectivity index (χ3n) is 5.80. The topological polar surface area (TPSA) is 0 Å². The van der Waals surface area contributed by atoms with E-state index >= 15 is 0 Å². The van der Waals surface area contributed by atoms with Crippen LogP contribution in [0.15, 0.2) is 48.5 Å². The van der Waals surface area contributed by atoms with E-state index in [1.54, 1.807) is 0 Å². The van der Waals surface area contributed by atoms with E-state index in [1.807, 2.05) is 0 Å². The molecule has 0 N–H and O–H groups in total. The lowest BCUT2D eigenvalue weighted by molar-refractivity contribution is 0.304. The molecule has 0 nitrogen and oxygen atoms in total. The molecule has 4 rings (SSSR count). The smallest absolute Gasteiger partial charge is 0.000545 e. The Morgan fingerprint density at radius 3 is 1.35 bits per heavy atom. The van der Waals surface area contributed by atoms with E-state index in [1.165, 1.54) is 32.7 Å². The van der Waals surface area contributed by atoms with Crippen molar-refractivity contribution < 1.29 is 0 Å². The lowest BCUT2D eigenvalue weighted by atomic mass is 9.56. The van der Waals surface area contributed by atoms with E-state index in [2.05, 4.69) is 76.2 Å². The Bertz CT molecular complexity index is 778. The maximum atomic E-state index is 2.39.